The molecule has 3 N–H and O–H groups in total. The minimum absolute atomic E-state index is 0.0105. The molecule has 0 aliphatic heterocycles. The van der Waals surface area contributed by atoms with Crippen molar-refractivity contribution in [1.82, 2.24) is 20.1 Å². The number of thioether (sulfide) groups is 1. The van der Waals surface area contributed by atoms with E-state index in [0.717, 1.165) is 18.7 Å². The number of aromatic nitrogens is 3. The molecule has 1 heterocycles. The zero-order valence-electron chi connectivity index (χ0n) is 14.9. The van der Waals surface area contributed by atoms with Crippen molar-refractivity contribution in [1.29, 1.82) is 0 Å². The Hall–Kier alpha value is -1.83. The van der Waals surface area contributed by atoms with E-state index in [4.69, 9.17) is 5.73 Å². The number of carbonyl (C=O) groups is 2. The van der Waals surface area contributed by atoms with Gasteiger partial charge in [-0.1, -0.05) is 50.9 Å². The van der Waals surface area contributed by atoms with Crippen molar-refractivity contribution < 1.29 is 9.59 Å². The molecule has 1 aliphatic rings. The van der Waals surface area contributed by atoms with E-state index < -0.39 is 17.2 Å². The molecular weight excluding hydrogens is 338 g/mol. The second-order valence-electron chi connectivity index (χ2n) is 6.71. The number of amides is 3. The predicted molar refractivity (Wildman–Crippen MR) is 98.3 cm³/mol. The molecule has 1 saturated carbocycles. The van der Waals surface area contributed by atoms with E-state index in [1.165, 1.54) is 31.0 Å². The average Bonchev–Trinajstić information content (AvgIpc) is 2.95. The first-order valence-electron chi connectivity index (χ1n) is 8.75. The van der Waals surface area contributed by atoms with Crippen LogP contribution in [0.15, 0.2) is 17.8 Å². The molecular formula is C17H27N5O2S. The molecule has 0 saturated heterocycles. The summed E-state index contributed by atoms with van der Waals surface area (Å²) in [6.45, 7) is 8.28. The van der Waals surface area contributed by atoms with Gasteiger partial charge in [0.05, 0.1) is 5.25 Å². The van der Waals surface area contributed by atoms with E-state index in [9.17, 15) is 9.59 Å². The first-order valence-corrected chi connectivity index (χ1v) is 9.63. The molecule has 0 spiro atoms. The third-order valence-electron chi connectivity index (χ3n) is 4.37. The maximum atomic E-state index is 12.3. The van der Waals surface area contributed by atoms with Crippen LogP contribution in [0.4, 0.5) is 4.79 Å². The lowest BCUT2D eigenvalue weighted by atomic mass is 9.89. The van der Waals surface area contributed by atoms with Gasteiger partial charge in [0, 0.05) is 12.5 Å². The van der Waals surface area contributed by atoms with E-state index >= 15 is 0 Å². The van der Waals surface area contributed by atoms with E-state index in [0.29, 0.717) is 17.6 Å². The third-order valence-corrected chi connectivity index (χ3v) is 5.90. The van der Waals surface area contributed by atoms with Gasteiger partial charge in [-0.3, -0.25) is 10.1 Å². The fraction of sp³-hybridized carbons (Fsp3) is 0.647. The Kier molecular flexibility index (Phi) is 7.04. The first kappa shape index (κ1) is 19.5. The largest absolute Gasteiger partial charge is 0.351 e. The minimum Gasteiger partial charge on any atom is -0.351 e. The van der Waals surface area contributed by atoms with Gasteiger partial charge in [0.1, 0.15) is 5.82 Å². The molecule has 1 aliphatic carbocycles. The lowest BCUT2D eigenvalue weighted by molar-refractivity contribution is -0.120. The number of hydrogen-bond donors (Lipinski definition) is 2. The van der Waals surface area contributed by atoms with Gasteiger partial charge in [0.25, 0.3) is 0 Å². The van der Waals surface area contributed by atoms with Crippen LogP contribution >= 0.6 is 11.8 Å². The molecule has 0 aromatic carbocycles. The van der Waals surface area contributed by atoms with Gasteiger partial charge in [0.2, 0.25) is 5.91 Å². The number of primary amides is 1. The second-order valence-corrected chi connectivity index (χ2v) is 7.82. The Morgan fingerprint density at radius 3 is 2.60 bits per heavy atom. The number of urea groups is 1. The van der Waals surface area contributed by atoms with Crippen LogP contribution in [0.25, 0.3) is 0 Å². The Labute approximate surface area is 152 Å². The predicted octanol–water partition coefficient (Wildman–Crippen LogP) is 2.82. The summed E-state index contributed by atoms with van der Waals surface area (Å²) in [7, 11) is 0. The Bertz CT molecular complexity index is 623. The monoisotopic (exact) mass is 365 g/mol. The molecule has 1 aromatic heterocycles. The smallest absolute Gasteiger partial charge is 0.318 e. The van der Waals surface area contributed by atoms with Crippen LogP contribution in [0.3, 0.4) is 0 Å². The molecule has 0 unspecified atom stereocenters. The number of nitrogens with zero attached hydrogens (tertiary/aromatic N) is 3. The van der Waals surface area contributed by atoms with Gasteiger partial charge in [-0.2, -0.15) is 0 Å². The minimum atomic E-state index is -0.841. The number of carbonyl (C=O) groups excluding carboxylic acids is 2. The fourth-order valence-electron chi connectivity index (χ4n) is 3.15. The molecule has 8 heteroatoms. The van der Waals surface area contributed by atoms with Gasteiger partial charge >= 0.3 is 6.03 Å². The highest BCUT2D eigenvalue weighted by molar-refractivity contribution is 8.00. The summed E-state index contributed by atoms with van der Waals surface area (Å²) in [5, 5.41) is 11.1. The lowest BCUT2D eigenvalue weighted by Gasteiger charge is -2.22. The first-order chi connectivity index (χ1) is 11.9. The Morgan fingerprint density at radius 2 is 2.04 bits per heavy atom. The van der Waals surface area contributed by atoms with Crippen molar-refractivity contribution in [3.8, 4) is 0 Å². The standard InChI is InChI=1S/C17H27N5O2S/c1-4-10-22-14(12-8-6-5-7-9-12)20-21-17(22)25-13(11(2)3)15(23)19-16(18)24/h4,11-13H,1,5-10H2,2-3H3,(H3,18,19,23,24)/t13-/m0/s1. The summed E-state index contributed by atoms with van der Waals surface area (Å²) < 4.78 is 2.04. The van der Waals surface area contributed by atoms with Crippen LogP contribution in [0.1, 0.15) is 57.7 Å². The van der Waals surface area contributed by atoms with Crippen molar-refractivity contribution in [2.45, 2.75) is 68.8 Å². The van der Waals surface area contributed by atoms with E-state index in [-0.39, 0.29) is 5.92 Å². The van der Waals surface area contributed by atoms with Gasteiger partial charge in [-0.15, -0.1) is 16.8 Å². The maximum absolute atomic E-state index is 12.3. The lowest BCUT2D eigenvalue weighted by Crippen LogP contribution is -2.42. The normalized spacial score (nSPS) is 16.6. The summed E-state index contributed by atoms with van der Waals surface area (Å²) >= 11 is 1.32. The van der Waals surface area contributed by atoms with Crippen LogP contribution in [-0.2, 0) is 11.3 Å². The fourth-order valence-corrected chi connectivity index (χ4v) is 4.20. The van der Waals surface area contributed by atoms with Crippen LogP contribution in [0.5, 0.6) is 0 Å². The summed E-state index contributed by atoms with van der Waals surface area (Å²) in [5.74, 6) is 0.989. The van der Waals surface area contributed by atoms with Crippen molar-refractivity contribution in [2.24, 2.45) is 11.7 Å². The molecule has 1 atom stereocenters. The maximum Gasteiger partial charge on any atom is 0.318 e. The van der Waals surface area contributed by atoms with E-state index in [1.807, 2.05) is 24.5 Å². The van der Waals surface area contributed by atoms with Crippen LogP contribution in [-0.4, -0.2) is 32.0 Å². The van der Waals surface area contributed by atoms with Crippen LogP contribution in [0, 0.1) is 5.92 Å². The second kappa shape index (κ2) is 9.03. The van der Waals surface area contributed by atoms with Crippen LogP contribution in [0.2, 0.25) is 0 Å². The van der Waals surface area contributed by atoms with Gasteiger partial charge in [-0.05, 0) is 18.8 Å². The number of imide groups is 1. The molecule has 1 aromatic rings. The topological polar surface area (TPSA) is 103 Å². The van der Waals surface area contributed by atoms with Crippen molar-refractivity contribution >= 4 is 23.7 Å². The third kappa shape index (κ3) is 5.07. The number of hydrogen-bond acceptors (Lipinski definition) is 5. The zero-order chi connectivity index (χ0) is 18.4. The van der Waals surface area contributed by atoms with E-state index in [2.05, 4.69) is 22.1 Å². The highest BCUT2D eigenvalue weighted by atomic mass is 32.2. The van der Waals surface area contributed by atoms with Gasteiger partial charge < -0.3 is 10.3 Å². The molecule has 25 heavy (non-hydrogen) atoms. The molecule has 7 nitrogen and oxygen atoms in total. The number of nitrogens with one attached hydrogen (secondary N) is 1. The highest BCUT2D eigenvalue weighted by Gasteiger charge is 2.29. The quantitative estimate of drug-likeness (QED) is 0.571. The van der Waals surface area contributed by atoms with E-state index in [1.54, 1.807) is 0 Å². The van der Waals surface area contributed by atoms with Crippen molar-refractivity contribution in [3.05, 3.63) is 18.5 Å². The summed E-state index contributed by atoms with van der Waals surface area (Å²) in [6, 6.07) is -0.841. The van der Waals surface area contributed by atoms with Crippen molar-refractivity contribution in [3.63, 3.8) is 0 Å². The number of nitrogens with two attached hydrogens (primary N) is 1. The summed E-state index contributed by atoms with van der Waals surface area (Å²) in [6.07, 6.45) is 7.75. The molecule has 0 radical (unpaired) electrons. The van der Waals surface area contributed by atoms with Gasteiger partial charge in [0.15, 0.2) is 5.16 Å². The summed E-state index contributed by atoms with van der Waals surface area (Å²) in [5.41, 5.74) is 5.08. The molecule has 1 fully saturated rings. The Morgan fingerprint density at radius 1 is 1.36 bits per heavy atom. The van der Waals surface area contributed by atoms with Gasteiger partial charge in [-0.25, -0.2) is 4.79 Å². The molecule has 0 bridgehead atoms. The Balaban J connectivity index is 2.24. The number of allylic oxidation sites excluding steroid dienone is 1. The van der Waals surface area contributed by atoms with Crippen LogP contribution < -0.4 is 11.1 Å². The number of rotatable bonds is 7. The molecule has 3 amide bonds. The zero-order valence-corrected chi connectivity index (χ0v) is 15.7. The average molecular weight is 366 g/mol. The van der Waals surface area contributed by atoms with Crippen molar-refractivity contribution in [2.75, 3.05) is 0 Å². The molecule has 2 rings (SSSR count). The highest BCUT2D eigenvalue weighted by Crippen LogP contribution is 2.35. The SMILES string of the molecule is C=CCn1c(S[C@H](C(=O)NC(N)=O)C(C)C)nnc1C1CCCCC1. The molecule has 138 valence electrons. The summed E-state index contributed by atoms with van der Waals surface area (Å²) in [4.78, 5) is 23.3.